The first-order valence-corrected chi connectivity index (χ1v) is 5.91. The summed E-state index contributed by atoms with van der Waals surface area (Å²) in [5.74, 6) is 0.393. The van der Waals surface area contributed by atoms with Crippen LogP contribution in [0.25, 0.3) is 17.2 Å². The summed E-state index contributed by atoms with van der Waals surface area (Å²) in [5.41, 5.74) is 8.22. The number of amides is 1. The summed E-state index contributed by atoms with van der Waals surface area (Å²) in [5, 5.41) is 0. The highest BCUT2D eigenvalue weighted by Crippen LogP contribution is 2.22. The molecule has 19 heavy (non-hydrogen) atoms. The van der Waals surface area contributed by atoms with E-state index in [0.29, 0.717) is 0 Å². The van der Waals surface area contributed by atoms with Crippen molar-refractivity contribution >= 4 is 12.0 Å². The molecular weight excluding hydrogens is 238 g/mol. The number of ether oxygens (including phenoxy) is 1. The standard InChI is InChI=1S/C16H15NO2/c1-19-15-9-7-14(8-10-15)13-5-2-12(3-6-13)4-11-16(17)18/h2-11H,1H3,(H2,17,18)/b11-4-. The summed E-state index contributed by atoms with van der Waals surface area (Å²) >= 11 is 0. The van der Waals surface area contributed by atoms with E-state index >= 15 is 0 Å². The number of rotatable bonds is 4. The fourth-order valence-electron chi connectivity index (χ4n) is 1.75. The Hall–Kier alpha value is -2.55. The lowest BCUT2D eigenvalue weighted by molar-refractivity contribution is -0.113. The van der Waals surface area contributed by atoms with Gasteiger partial charge < -0.3 is 10.5 Å². The van der Waals surface area contributed by atoms with E-state index in [2.05, 4.69) is 0 Å². The molecule has 2 N–H and O–H groups in total. The number of benzene rings is 2. The van der Waals surface area contributed by atoms with Gasteiger partial charge in [0.1, 0.15) is 5.75 Å². The first-order chi connectivity index (χ1) is 9.19. The summed E-state index contributed by atoms with van der Waals surface area (Å²) in [6, 6.07) is 15.8. The van der Waals surface area contributed by atoms with Crippen LogP contribution in [0.1, 0.15) is 5.56 Å². The van der Waals surface area contributed by atoms with Gasteiger partial charge in [0.25, 0.3) is 0 Å². The van der Waals surface area contributed by atoms with Crippen molar-refractivity contribution < 1.29 is 9.53 Å². The lowest BCUT2D eigenvalue weighted by Crippen LogP contribution is -2.04. The zero-order valence-corrected chi connectivity index (χ0v) is 10.7. The highest BCUT2D eigenvalue weighted by atomic mass is 16.5. The van der Waals surface area contributed by atoms with Gasteiger partial charge in [0.05, 0.1) is 7.11 Å². The molecule has 1 amide bonds. The van der Waals surface area contributed by atoms with E-state index in [-0.39, 0.29) is 0 Å². The van der Waals surface area contributed by atoms with E-state index in [1.54, 1.807) is 13.2 Å². The number of nitrogens with two attached hydrogens (primary N) is 1. The quantitative estimate of drug-likeness (QED) is 0.852. The maximum Gasteiger partial charge on any atom is 0.241 e. The van der Waals surface area contributed by atoms with Crippen LogP contribution in [0.4, 0.5) is 0 Å². The SMILES string of the molecule is COc1ccc(-c2ccc(/C=C\C(N)=O)cc2)cc1. The smallest absolute Gasteiger partial charge is 0.241 e. The minimum atomic E-state index is -0.445. The van der Waals surface area contributed by atoms with Crippen LogP contribution in [0.3, 0.4) is 0 Å². The average molecular weight is 253 g/mol. The lowest BCUT2D eigenvalue weighted by Gasteiger charge is -2.04. The van der Waals surface area contributed by atoms with Gasteiger partial charge in [-0.15, -0.1) is 0 Å². The van der Waals surface area contributed by atoms with Crippen molar-refractivity contribution in [3.05, 3.63) is 60.2 Å². The third-order valence-corrected chi connectivity index (χ3v) is 2.77. The van der Waals surface area contributed by atoms with Gasteiger partial charge in [-0.25, -0.2) is 0 Å². The third kappa shape index (κ3) is 3.45. The molecule has 0 unspecified atom stereocenters. The molecule has 0 spiro atoms. The molecule has 0 bridgehead atoms. The Morgan fingerprint density at radius 2 is 1.53 bits per heavy atom. The van der Waals surface area contributed by atoms with E-state index in [1.165, 1.54) is 6.08 Å². The number of carbonyl (C=O) groups excluding carboxylic acids is 1. The maximum atomic E-state index is 10.6. The summed E-state index contributed by atoms with van der Waals surface area (Å²) in [6.45, 7) is 0. The average Bonchev–Trinajstić information content (AvgIpc) is 2.46. The molecule has 2 aromatic carbocycles. The minimum absolute atomic E-state index is 0.445. The van der Waals surface area contributed by atoms with Gasteiger partial charge in [-0.2, -0.15) is 0 Å². The van der Waals surface area contributed by atoms with Gasteiger partial charge in [-0.05, 0) is 34.9 Å². The van der Waals surface area contributed by atoms with Gasteiger partial charge in [-0.3, -0.25) is 4.79 Å². The summed E-state index contributed by atoms with van der Waals surface area (Å²) in [4.78, 5) is 10.6. The highest BCUT2D eigenvalue weighted by Gasteiger charge is 1.98. The molecule has 0 heterocycles. The second-order valence-electron chi connectivity index (χ2n) is 4.09. The molecule has 0 saturated heterocycles. The van der Waals surface area contributed by atoms with Gasteiger partial charge in [0.15, 0.2) is 0 Å². The van der Waals surface area contributed by atoms with E-state index in [1.807, 2.05) is 48.5 Å². The largest absolute Gasteiger partial charge is 0.497 e. The van der Waals surface area contributed by atoms with E-state index in [4.69, 9.17) is 10.5 Å². The van der Waals surface area contributed by atoms with Crippen LogP contribution >= 0.6 is 0 Å². The van der Waals surface area contributed by atoms with Crippen molar-refractivity contribution in [1.82, 2.24) is 0 Å². The van der Waals surface area contributed by atoms with Crippen molar-refractivity contribution in [2.24, 2.45) is 5.73 Å². The molecule has 0 radical (unpaired) electrons. The van der Waals surface area contributed by atoms with Crippen molar-refractivity contribution in [2.75, 3.05) is 7.11 Å². The molecule has 3 nitrogen and oxygen atoms in total. The maximum absolute atomic E-state index is 10.6. The van der Waals surface area contributed by atoms with Crippen molar-refractivity contribution in [3.8, 4) is 16.9 Å². The molecule has 0 aliphatic carbocycles. The van der Waals surface area contributed by atoms with Crippen molar-refractivity contribution in [1.29, 1.82) is 0 Å². The fourth-order valence-corrected chi connectivity index (χ4v) is 1.75. The van der Waals surface area contributed by atoms with E-state index in [9.17, 15) is 4.79 Å². The summed E-state index contributed by atoms with van der Waals surface area (Å²) in [7, 11) is 1.65. The Bertz CT molecular complexity index is 583. The second kappa shape index (κ2) is 5.87. The number of primary amides is 1. The van der Waals surface area contributed by atoms with Gasteiger partial charge in [-0.1, -0.05) is 36.4 Å². The Morgan fingerprint density at radius 3 is 2.00 bits per heavy atom. The van der Waals surface area contributed by atoms with E-state index in [0.717, 1.165) is 22.4 Å². The van der Waals surface area contributed by atoms with Crippen molar-refractivity contribution in [2.45, 2.75) is 0 Å². The molecule has 0 aliphatic rings. The van der Waals surface area contributed by atoms with Gasteiger partial charge >= 0.3 is 0 Å². The molecule has 0 aliphatic heterocycles. The zero-order valence-electron chi connectivity index (χ0n) is 10.7. The van der Waals surface area contributed by atoms with Crippen LogP contribution in [-0.2, 0) is 4.79 Å². The Balaban J connectivity index is 2.19. The molecule has 0 atom stereocenters. The van der Waals surface area contributed by atoms with Crippen LogP contribution in [0.5, 0.6) is 5.75 Å². The molecule has 96 valence electrons. The topological polar surface area (TPSA) is 52.3 Å². The minimum Gasteiger partial charge on any atom is -0.497 e. The monoisotopic (exact) mass is 253 g/mol. The Morgan fingerprint density at radius 1 is 1.00 bits per heavy atom. The molecule has 2 rings (SSSR count). The molecule has 0 fully saturated rings. The molecular formula is C16H15NO2. The number of methoxy groups -OCH3 is 1. The number of hydrogen-bond acceptors (Lipinski definition) is 2. The molecule has 3 heteroatoms. The highest BCUT2D eigenvalue weighted by molar-refractivity contribution is 5.90. The third-order valence-electron chi connectivity index (χ3n) is 2.77. The predicted octanol–water partition coefficient (Wildman–Crippen LogP) is 2.86. The van der Waals surface area contributed by atoms with Crippen LogP contribution in [0.15, 0.2) is 54.6 Å². The molecule has 0 aromatic heterocycles. The number of hydrogen-bond donors (Lipinski definition) is 1. The van der Waals surface area contributed by atoms with Crippen LogP contribution in [0.2, 0.25) is 0 Å². The second-order valence-corrected chi connectivity index (χ2v) is 4.09. The summed E-state index contributed by atoms with van der Waals surface area (Å²) < 4.78 is 5.13. The first kappa shape index (κ1) is 12.9. The van der Waals surface area contributed by atoms with E-state index < -0.39 is 5.91 Å². The fraction of sp³-hybridized carbons (Fsp3) is 0.0625. The summed E-state index contributed by atoms with van der Waals surface area (Å²) in [6.07, 6.45) is 3.04. The van der Waals surface area contributed by atoms with Crippen LogP contribution in [0, 0.1) is 0 Å². The van der Waals surface area contributed by atoms with Gasteiger partial charge in [0, 0.05) is 6.08 Å². The first-order valence-electron chi connectivity index (χ1n) is 5.91. The number of carbonyl (C=O) groups is 1. The lowest BCUT2D eigenvalue weighted by atomic mass is 10.0. The van der Waals surface area contributed by atoms with Crippen LogP contribution < -0.4 is 10.5 Å². The van der Waals surface area contributed by atoms with Gasteiger partial charge in [0.2, 0.25) is 5.91 Å². The Labute approximate surface area is 112 Å². The molecule has 0 saturated carbocycles. The van der Waals surface area contributed by atoms with Crippen molar-refractivity contribution in [3.63, 3.8) is 0 Å². The Kier molecular flexibility index (Phi) is 3.98. The van der Waals surface area contributed by atoms with Crippen LogP contribution in [-0.4, -0.2) is 13.0 Å². The predicted molar refractivity (Wildman–Crippen MR) is 76.7 cm³/mol. The molecule has 2 aromatic rings. The zero-order chi connectivity index (χ0) is 13.7. The normalized spacial score (nSPS) is 10.6.